The number of amides is 2. The van der Waals surface area contributed by atoms with E-state index in [4.69, 9.17) is 4.74 Å². The number of esters is 1. The van der Waals surface area contributed by atoms with Crippen LogP contribution in [0.4, 0.5) is 14.5 Å². The summed E-state index contributed by atoms with van der Waals surface area (Å²) in [5.74, 6) is -2.68. The van der Waals surface area contributed by atoms with Gasteiger partial charge in [0.15, 0.2) is 6.61 Å². The van der Waals surface area contributed by atoms with Crippen LogP contribution in [0.2, 0.25) is 0 Å². The van der Waals surface area contributed by atoms with Gasteiger partial charge in [0.25, 0.3) is 5.91 Å². The third-order valence-electron chi connectivity index (χ3n) is 6.52. The monoisotopic (exact) mass is 484 g/mol. The normalized spacial score (nSPS) is 21.1. The number of carbonyl (C=O) groups is 4. The van der Waals surface area contributed by atoms with Crippen molar-refractivity contribution < 1.29 is 37.4 Å². The number of halogens is 2. The maximum Gasteiger partial charge on any atom is 0.387 e. The highest BCUT2D eigenvalue weighted by Crippen LogP contribution is 2.49. The summed E-state index contributed by atoms with van der Waals surface area (Å²) in [4.78, 5) is 55.6. The Balaban J connectivity index is 1.46. The van der Waals surface area contributed by atoms with Crippen LogP contribution in [0.15, 0.2) is 42.5 Å². The molecule has 5 rings (SSSR count). The van der Waals surface area contributed by atoms with Crippen molar-refractivity contribution in [2.24, 2.45) is 0 Å². The lowest BCUT2D eigenvalue weighted by Gasteiger charge is -2.48. The van der Waals surface area contributed by atoms with Crippen molar-refractivity contribution in [2.75, 3.05) is 11.5 Å². The van der Waals surface area contributed by atoms with Gasteiger partial charge in [-0.05, 0) is 44.0 Å². The molecule has 0 spiro atoms. The van der Waals surface area contributed by atoms with Crippen LogP contribution in [-0.2, 0) is 14.3 Å². The maximum atomic E-state index is 13.6. The van der Waals surface area contributed by atoms with E-state index in [0.29, 0.717) is 29.7 Å². The number of hydrogen-bond donors (Lipinski definition) is 0. The Morgan fingerprint density at radius 3 is 2.60 bits per heavy atom. The zero-order chi connectivity index (χ0) is 24.9. The Bertz CT molecular complexity index is 1240. The molecule has 1 atom stereocenters. The van der Waals surface area contributed by atoms with Crippen LogP contribution >= 0.6 is 0 Å². The van der Waals surface area contributed by atoms with Gasteiger partial charge in [-0.3, -0.25) is 19.3 Å². The van der Waals surface area contributed by atoms with Crippen LogP contribution in [0, 0.1) is 6.92 Å². The van der Waals surface area contributed by atoms with E-state index in [2.05, 4.69) is 4.74 Å². The van der Waals surface area contributed by atoms with Crippen molar-refractivity contribution in [3.63, 3.8) is 0 Å². The number of carbonyl (C=O) groups excluding carboxylic acids is 4. The Labute approximate surface area is 199 Å². The maximum absolute atomic E-state index is 13.6. The predicted octanol–water partition coefficient (Wildman–Crippen LogP) is 3.46. The largest absolute Gasteiger partial charge is 0.454 e. The number of alkyl halides is 2. The SMILES string of the molecule is Cc1ccc(OC(F)F)c(C(=O)COC(=O)C23CCC(=O)N2c2ccccc2C(=O)N3C2CC2)c1. The van der Waals surface area contributed by atoms with Gasteiger partial charge in [0, 0.05) is 18.9 Å². The molecule has 2 aromatic rings. The number of anilines is 1. The number of benzene rings is 2. The third-order valence-corrected chi connectivity index (χ3v) is 6.52. The Morgan fingerprint density at radius 1 is 1.14 bits per heavy atom. The zero-order valence-corrected chi connectivity index (χ0v) is 18.8. The summed E-state index contributed by atoms with van der Waals surface area (Å²) >= 11 is 0. The van der Waals surface area contributed by atoms with E-state index in [1.54, 1.807) is 31.2 Å². The second kappa shape index (κ2) is 8.44. The fraction of sp³-hybridized carbons (Fsp3) is 0.360. The van der Waals surface area contributed by atoms with E-state index >= 15 is 0 Å². The van der Waals surface area contributed by atoms with E-state index in [1.807, 2.05) is 0 Å². The molecule has 10 heteroatoms. The average Bonchev–Trinajstić information content (AvgIpc) is 3.60. The van der Waals surface area contributed by atoms with Crippen molar-refractivity contribution in [1.82, 2.24) is 4.90 Å². The Morgan fingerprint density at radius 2 is 1.89 bits per heavy atom. The van der Waals surface area contributed by atoms with Gasteiger partial charge in [0.1, 0.15) is 5.75 Å². The van der Waals surface area contributed by atoms with Gasteiger partial charge in [0.05, 0.1) is 16.8 Å². The van der Waals surface area contributed by atoms with Gasteiger partial charge in [-0.25, -0.2) is 4.79 Å². The van der Waals surface area contributed by atoms with Crippen molar-refractivity contribution >= 4 is 29.3 Å². The summed E-state index contributed by atoms with van der Waals surface area (Å²) < 4.78 is 35.4. The fourth-order valence-corrected chi connectivity index (χ4v) is 4.90. The zero-order valence-electron chi connectivity index (χ0n) is 18.8. The second-order valence-electron chi connectivity index (χ2n) is 8.85. The summed E-state index contributed by atoms with van der Waals surface area (Å²) in [5, 5.41) is 0. The first-order valence-corrected chi connectivity index (χ1v) is 11.3. The van der Waals surface area contributed by atoms with Crippen molar-refractivity contribution in [1.29, 1.82) is 0 Å². The molecule has 2 heterocycles. The first-order chi connectivity index (χ1) is 16.7. The highest BCUT2D eigenvalue weighted by Gasteiger charge is 2.64. The number of Topliss-reactive ketones (excluding diaryl/α,β-unsaturated/α-hetero) is 1. The van der Waals surface area contributed by atoms with Gasteiger partial charge < -0.3 is 14.4 Å². The summed E-state index contributed by atoms with van der Waals surface area (Å²) in [5.41, 5.74) is -0.575. The van der Waals surface area contributed by atoms with Crippen LogP contribution in [0.25, 0.3) is 0 Å². The van der Waals surface area contributed by atoms with Crippen LogP contribution < -0.4 is 9.64 Å². The molecule has 2 fully saturated rings. The molecule has 1 saturated heterocycles. The van der Waals surface area contributed by atoms with Crippen LogP contribution in [0.5, 0.6) is 5.75 Å². The minimum Gasteiger partial charge on any atom is -0.454 e. The topological polar surface area (TPSA) is 93.2 Å². The van der Waals surface area contributed by atoms with Crippen LogP contribution in [0.3, 0.4) is 0 Å². The first kappa shape index (κ1) is 22.9. The average molecular weight is 484 g/mol. The molecular formula is C25H22F2N2O6. The molecule has 2 aromatic carbocycles. The molecule has 1 aliphatic carbocycles. The summed E-state index contributed by atoms with van der Waals surface area (Å²) in [6, 6.07) is 10.5. The van der Waals surface area contributed by atoms with Crippen LogP contribution in [-0.4, -0.2) is 53.4 Å². The highest BCUT2D eigenvalue weighted by molar-refractivity contribution is 6.16. The minimum atomic E-state index is -3.14. The number of ether oxygens (including phenoxy) is 2. The Kier molecular flexibility index (Phi) is 5.53. The smallest absolute Gasteiger partial charge is 0.387 e. The third kappa shape index (κ3) is 3.73. The number of hydrogen-bond acceptors (Lipinski definition) is 6. The second-order valence-corrected chi connectivity index (χ2v) is 8.85. The molecule has 1 unspecified atom stereocenters. The molecule has 35 heavy (non-hydrogen) atoms. The quantitative estimate of drug-likeness (QED) is 0.442. The number of aryl methyl sites for hydroxylation is 1. The summed E-state index contributed by atoms with van der Waals surface area (Å²) in [7, 11) is 0. The molecule has 8 nitrogen and oxygen atoms in total. The fourth-order valence-electron chi connectivity index (χ4n) is 4.90. The molecule has 0 radical (unpaired) electrons. The van der Waals surface area contributed by atoms with Gasteiger partial charge in [0.2, 0.25) is 17.4 Å². The van der Waals surface area contributed by atoms with Gasteiger partial charge >= 0.3 is 12.6 Å². The number of para-hydroxylation sites is 1. The molecule has 0 bridgehead atoms. The number of fused-ring (bicyclic) bond motifs is 3. The standard InChI is InChI=1S/C25H22F2N2O6/c1-14-6-9-20(35-24(26)27)17(12-14)19(30)13-34-23(33)25-11-10-21(31)29(25)18-5-3-2-4-16(18)22(32)28(25)15-7-8-15/h2-6,9,12,15,24H,7-8,10-11,13H2,1H3. The van der Waals surface area contributed by atoms with Crippen molar-refractivity contribution in [3.05, 3.63) is 59.2 Å². The lowest BCUT2D eigenvalue weighted by Crippen LogP contribution is -2.69. The van der Waals surface area contributed by atoms with E-state index < -0.39 is 30.6 Å². The van der Waals surface area contributed by atoms with Crippen molar-refractivity contribution in [3.8, 4) is 5.75 Å². The number of nitrogens with zero attached hydrogens (tertiary/aromatic N) is 2. The molecule has 2 amide bonds. The molecule has 0 N–H and O–H groups in total. The molecule has 3 aliphatic rings. The van der Waals surface area contributed by atoms with Crippen LogP contribution in [0.1, 0.15) is 52.0 Å². The molecule has 1 saturated carbocycles. The lowest BCUT2D eigenvalue weighted by molar-refractivity contribution is -0.156. The van der Waals surface area contributed by atoms with E-state index in [1.165, 1.54) is 28.0 Å². The van der Waals surface area contributed by atoms with E-state index in [0.717, 1.165) is 0 Å². The first-order valence-electron chi connectivity index (χ1n) is 11.3. The predicted molar refractivity (Wildman–Crippen MR) is 118 cm³/mol. The van der Waals surface area contributed by atoms with E-state index in [9.17, 15) is 28.0 Å². The Hall–Kier alpha value is -3.82. The summed E-state index contributed by atoms with van der Waals surface area (Å²) in [6.45, 7) is -2.22. The molecular weight excluding hydrogens is 462 g/mol. The molecule has 0 aromatic heterocycles. The molecule has 2 aliphatic heterocycles. The van der Waals surface area contributed by atoms with Gasteiger partial charge in [-0.15, -0.1) is 0 Å². The molecule has 182 valence electrons. The minimum absolute atomic E-state index is 0.0259. The highest BCUT2D eigenvalue weighted by atomic mass is 19.3. The van der Waals surface area contributed by atoms with Gasteiger partial charge in [-0.1, -0.05) is 23.8 Å². The summed E-state index contributed by atoms with van der Waals surface area (Å²) in [6.07, 6.45) is 1.42. The number of ketones is 1. The lowest BCUT2D eigenvalue weighted by atomic mass is 9.96. The van der Waals surface area contributed by atoms with Gasteiger partial charge in [-0.2, -0.15) is 8.78 Å². The number of rotatable bonds is 7. The van der Waals surface area contributed by atoms with Crippen molar-refractivity contribution in [2.45, 2.75) is 50.9 Å². The van der Waals surface area contributed by atoms with E-state index in [-0.39, 0.29) is 42.0 Å².